The highest BCUT2D eigenvalue weighted by molar-refractivity contribution is 6.44. The third-order valence-corrected chi connectivity index (χ3v) is 5.70. The van der Waals surface area contributed by atoms with Gasteiger partial charge in [0.25, 0.3) is 0 Å². The minimum absolute atomic E-state index is 0.0000449. The Bertz CT molecular complexity index is 295. The Morgan fingerprint density at radius 3 is 2.32 bits per heavy atom. The molecule has 1 saturated carbocycles. The molecule has 1 aliphatic heterocycles. The molecule has 2 rings (SSSR count). The van der Waals surface area contributed by atoms with Gasteiger partial charge in [0.1, 0.15) is 0 Å². The fourth-order valence-corrected chi connectivity index (χ4v) is 3.31. The number of hydrogen-bond acceptors (Lipinski definition) is 2. The molecule has 1 unspecified atom stereocenters. The molecule has 0 aromatic carbocycles. The third kappa shape index (κ3) is 3.55. The van der Waals surface area contributed by atoms with Gasteiger partial charge in [0.2, 0.25) is 0 Å². The van der Waals surface area contributed by atoms with Crippen LogP contribution >= 0.6 is 0 Å². The van der Waals surface area contributed by atoms with Crippen LogP contribution in [0.5, 0.6) is 0 Å². The molecule has 0 aromatic heterocycles. The summed E-state index contributed by atoms with van der Waals surface area (Å²) in [7, 11) is -0.0000449. The van der Waals surface area contributed by atoms with Crippen LogP contribution in [-0.4, -0.2) is 19.3 Å². The minimum atomic E-state index is -0.0950. The molecule has 0 aromatic rings. The van der Waals surface area contributed by atoms with Crippen LogP contribution in [0.3, 0.4) is 0 Å². The van der Waals surface area contributed by atoms with Gasteiger partial charge in [0.15, 0.2) is 0 Å². The van der Waals surface area contributed by atoms with E-state index in [0.717, 1.165) is 24.8 Å². The molecule has 0 radical (unpaired) electrons. The zero-order valence-corrected chi connectivity index (χ0v) is 13.5. The van der Waals surface area contributed by atoms with Crippen molar-refractivity contribution in [3.8, 4) is 0 Å². The highest BCUT2D eigenvalue weighted by atomic mass is 16.6. The van der Waals surface area contributed by atoms with E-state index in [1.54, 1.807) is 0 Å². The maximum Gasteiger partial charge on any atom is 0.457 e. The van der Waals surface area contributed by atoms with Crippen molar-refractivity contribution in [2.24, 2.45) is 17.3 Å². The van der Waals surface area contributed by atoms with Crippen molar-refractivity contribution in [3.63, 3.8) is 0 Å². The van der Waals surface area contributed by atoms with Crippen LogP contribution in [-0.2, 0) is 9.31 Å². The smallest absolute Gasteiger partial charge is 0.410 e. The Labute approximate surface area is 119 Å². The molecule has 1 atom stereocenters. The van der Waals surface area contributed by atoms with Gasteiger partial charge in [0, 0.05) is 12.0 Å². The van der Waals surface area contributed by atoms with Gasteiger partial charge in [-0.1, -0.05) is 52.9 Å². The molecule has 1 saturated heterocycles. The molecule has 1 aliphatic carbocycles. The number of rotatable bonds is 3. The highest BCUT2D eigenvalue weighted by Gasteiger charge is 2.46. The largest absolute Gasteiger partial charge is 0.457 e. The van der Waals surface area contributed by atoms with E-state index in [2.05, 4.69) is 34.6 Å². The van der Waals surface area contributed by atoms with Gasteiger partial charge in [-0.2, -0.15) is 0 Å². The third-order valence-electron chi connectivity index (χ3n) is 5.70. The van der Waals surface area contributed by atoms with E-state index >= 15 is 0 Å². The first-order valence-corrected chi connectivity index (χ1v) is 8.11. The van der Waals surface area contributed by atoms with Gasteiger partial charge in [-0.3, -0.25) is 0 Å². The molecule has 110 valence electrons. The topological polar surface area (TPSA) is 18.5 Å². The lowest BCUT2D eigenvalue weighted by molar-refractivity contribution is -0.0990. The number of hydrogen-bond donors (Lipinski definition) is 0. The standard InChI is InChI=1S/C16H31BO2/c1-13(14-9-7-6-8-10-14)11-17-18-12-15(2,3)16(4,5)19-17/h13-14H,6-12H2,1-5H3. The second kappa shape index (κ2) is 5.77. The zero-order chi connectivity index (χ0) is 14.1. The first-order valence-electron chi connectivity index (χ1n) is 8.11. The van der Waals surface area contributed by atoms with Gasteiger partial charge in [-0.15, -0.1) is 0 Å². The Hall–Kier alpha value is -0.0151. The molecule has 2 fully saturated rings. The summed E-state index contributed by atoms with van der Waals surface area (Å²) in [5, 5.41) is 0. The molecule has 3 heteroatoms. The summed E-state index contributed by atoms with van der Waals surface area (Å²) in [6, 6.07) is 0. The zero-order valence-electron chi connectivity index (χ0n) is 13.5. The Balaban J connectivity index is 1.86. The van der Waals surface area contributed by atoms with E-state index in [9.17, 15) is 0 Å². The Morgan fingerprint density at radius 1 is 1.11 bits per heavy atom. The second-order valence-electron chi connectivity index (χ2n) is 7.86. The lowest BCUT2D eigenvalue weighted by Gasteiger charge is -2.48. The monoisotopic (exact) mass is 266 g/mol. The van der Waals surface area contributed by atoms with Crippen molar-refractivity contribution in [3.05, 3.63) is 0 Å². The van der Waals surface area contributed by atoms with Gasteiger partial charge in [-0.05, 0) is 32.0 Å². The van der Waals surface area contributed by atoms with E-state index in [1.165, 1.54) is 32.1 Å². The van der Waals surface area contributed by atoms with E-state index in [0.29, 0.717) is 0 Å². The first-order chi connectivity index (χ1) is 8.82. The van der Waals surface area contributed by atoms with Crippen LogP contribution in [0.15, 0.2) is 0 Å². The van der Waals surface area contributed by atoms with E-state index in [-0.39, 0.29) is 18.1 Å². The summed E-state index contributed by atoms with van der Waals surface area (Å²) in [5.74, 6) is 1.61. The van der Waals surface area contributed by atoms with Crippen LogP contribution in [0.25, 0.3) is 0 Å². The molecule has 2 aliphatic rings. The summed E-state index contributed by atoms with van der Waals surface area (Å²) in [6.45, 7) is 12.1. The van der Waals surface area contributed by atoms with E-state index in [1.807, 2.05) is 0 Å². The molecule has 19 heavy (non-hydrogen) atoms. The highest BCUT2D eigenvalue weighted by Crippen LogP contribution is 2.40. The SMILES string of the molecule is CC(CB1OCC(C)(C)C(C)(C)O1)C1CCCCC1. The molecule has 0 amide bonds. The minimum Gasteiger partial charge on any atom is -0.410 e. The molecular weight excluding hydrogens is 235 g/mol. The summed E-state index contributed by atoms with van der Waals surface area (Å²) in [6.07, 6.45) is 8.14. The molecule has 0 bridgehead atoms. The molecular formula is C16H31BO2. The first kappa shape index (κ1) is 15.4. The maximum absolute atomic E-state index is 6.23. The average Bonchev–Trinajstić information content (AvgIpc) is 2.35. The normalized spacial score (nSPS) is 29.2. The van der Waals surface area contributed by atoms with E-state index in [4.69, 9.17) is 9.31 Å². The Kier molecular flexibility index (Phi) is 4.67. The van der Waals surface area contributed by atoms with Crippen molar-refractivity contribution in [1.82, 2.24) is 0 Å². The summed E-state index contributed by atoms with van der Waals surface area (Å²) >= 11 is 0. The van der Waals surface area contributed by atoms with Gasteiger partial charge < -0.3 is 9.31 Å². The van der Waals surface area contributed by atoms with Crippen LogP contribution in [0.1, 0.15) is 66.7 Å². The predicted octanol–water partition coefficient (Wildman–Crippen LogP) is 4.54. The molecule has 0 N–H and O–H groups in total. The quantitative estimate of drug-likeness (QED) is 0.698. The summed E-state index contributed by atoms with van der Waals surface area (Å²) in [4.78, 5) is 0. The van der Waals surface area contributed by atoms with Crippen molar-refractivity contribution in [2.75, 3.05) is 6.61 Å². The predicted molar refractivity (Wildman–Crippen MR) is 81.2 cm³/mol. The molecule has 1 heterocycles. The van der Waals surface area contributed by atoms with Crippen LogP contribution in [0, 0.1) is 17.3 Å². The summed E-state index contributed by atoms with van der Waals surface area (Å²) < 4.78 is 12.2. The summed E-state index contributed by atoms with van der Waals surface area (Å²) in [5.41, 5.74) is -0.000220. The fourth-order valence-electron chi connectivity index (χ4n) is 3.31. The molecule has 2 nitrogen and oxygen atoms in total. The molecule has 0 spiro atoms. The van der Waals surface area contributed by atoms with Crippen LogP contribution < -0.4 is 0 Å². The average molecular weight is 266 g/mol. The second-order valence-corrected chi connectivity index (χ2v) is 7.86. The van der Waals surface area contributed by atoms with Crippen molar-refractivity contribution in [1.29, 1.82) is 0 Å². The van der Waals surface area contributed by atoms with E-state index < -0.39 is 0 Å². The van der Waals surface area contributed by atoms with Gasteiger partial charge in [-0.25, -0.2) is 0 Å². The van der Waals surface area contributed by atoms with Crippen molar-refractivity contribution < 1.29 is 9.31 Å². The van der Waals surface area contributed by atoms with Crippen LogP contribution in [0.2, 0.25) is 6.32 Å². The lowest BCUT2D eigenvalue weighted by atomic mass is 9.66. The Morgan fingerprint density at radius 2 is 1.74 bits per heavy atom. The van der Waals surface area contributed by atoms with Crippen LogP contribution in [0.4, 0.5) is 0 Å². The van der Waals surface area contributed by atoms with Crippen molar-refractivity contribution in [2.45, 2.75) is 78.6 Å². The van der Waals surface area contributed by atoms with Gasteiger partial charge >= 0.3 is 7.12 Å². The van der Waals surface area contributed by atoms with Crippen molar-refractivity contribution >= 4 is 7.12 Å². The lowest BCUT2D eigenvalue weighted by Crippen LogP contribution is -2.54. The van der Waals surface area contributed by atoms with Gasteiger partial charge in [0.05, 0.1) is 5.60 Å². The maximum atomic E-state index is 6.23. The fraction of sp³-hybridized carbons (Fsp3) is 1.00.